The number of nitrogens with zero attached hydrogens (tertiary/aromatic N) is 1. The van der Waals surface area contributed by atoms with Gasteiger partial charge in [0.25, 0.3) is 0 Å². The highest BCUT2D eigenvalue weighted by molar-refractivity contribution is 7.17. The lowest BCUT2D eigenvalue weighted by Gasteiger charge is -1.88. The standard InChI is InChI=1S/C8H5NOS/c10-5-6-1-2-8-7(9-6)3-4-11-8/h1-5H. The second-order valence-corrected chi connectivity index (χ2v) is 3.11. The van der Waals surface area contributed by atoms with Gasteiger partial charge in [0.05, 0.1) is 10.2 Å². The van der Waals surface area contributed by atoms with E-state index in [1.165, 1.54) is 0 Å². The van der Waals surface area contributed by atoms with E-state index in [1.807, 2.05) is 17.5 Å². The third kappa shape index (κ3) is 1.03. The predicted molar refractivity (Wildman–Crippen MR) is 45.0 cm³/mol. The summed E-state index contributed by atoms with van der Waals surface area (Å²) in [6, 6.07) is 5.55. The zero-order valence-electron chi connectivity index (χ0n) is 5.65. The summed E-state index contributed by atoms with van der Waals surface area (Å²) in [5.74, 6) is 0. The van der Waals surface area contributed by atoms with Crippen LogP contribution in [0.2, 0.25) is 0 Å². The number of pyridine rings is 1. The number of fused-ring (bicyclic) bond motifs is 1. The Morgan fingerprint density at radius 2 is 2.27 bits per heavy atom. The third-order valence-corrected chi connectivity index (χ3v) is 2.32. The van der Waals surface area contributed by atoms with Crippen LogP contribution in [0.15, 0.2) is 23.6 Å². The number of aldehydes is 1. The highest BCUT2D eigenvalue weighted by Crippen LogP contribution is 2.17. The number of carbonyl (C=O) groups excluding carboxylic acids is 1. The van der Waals surface area contributed by atoms with Crippen LogP contribution in [-0.2, 0) is 0 Å². The van der Waals surface area contributed by atoms with Crippen LogP contribution in [0.1, 0.15) is 10.5 Å². The van der Waals surface area contributed by atoms with Gasteiger partial charge >= 0.3 is 0 Å². The highest BCUT2D eigenvalue weighted by atomic mass is 32.1. The van der Waals surface area contributed by atoms with Crippen LogP contribution in [0.4, 0.5) is 0 Å². The Balaban J connectivity index is 2.76. The van der Waals surface area contributed by atoms with Gasteiger partial charge in [-0.15, -0.1) is 11.3 Å². The molecule has 2 heterocycles. The molecule has 0 amide bonds. The van der Waals surface area contributed by atoms with Crippen LogP contribution in [0.25, 0.3) is 10.2 Å². The molecular weight excluding hydrogens is 158 g/mol. The van der Waals surface area contributed by atoms with Crippen molar-refractivity contribution in [2.45, 2.75) is 0 Å². The Hall–Kier alpha value is -1.22. The predicted octanol–water partition coefficient (Wildman–Crippen LogP) is 2.11. The molecule has 0 radical (unpaired) electrons. The van der Waals surface area contributed by atoms with Crippen LogP contribution in [0.3, 0.4) is 0 Å². The van der Waals surface area contributed by atoms with Gasteiger partial charge in [0.15, 0.2) is 6.29 Å². The van der Waals surface area contributed by atoms with E-state index in [0.717, 1.165) is 16.5 Å². The van der Waals surface area contributed by atoms with Crippen molar-refractivity contribution in [3.8, 4) is 0 Å². The van der Waals surface area contributed by atoms with Crippen molar-refractivity contribution >= 4 is 27.8 Å². The molecule has 0 aliphatic heterocycles. The molecule has 0 N–H and O–H groups in total. The number of hydrogen-bond acceptors (Lipinski definition) is 3. The van der Waals surface area contributed by atoms with Crippen molar-refractivity contribution < 1.29 is 4.79 Å². The van der Waals surface area contributed by atoms with Crippen LogP contribution in [0.5, 0.6) is 0 Å². The number of thiophene rings is 1. The summed E-state index contributed by atoms with van der Waals surface area (Å²) in [7, 11) is 0. The summed E-state index contributed by atoms with van der Waals surface area (Å²) in [6.07, 6.45) is 0.761. The van der Waals surface area contributed by atoms with Crippen molar-refractivity contribution in [3.63, 3.8) is 0 Å². The molecule has 0 bridgehead atoms. The van der Waals surface area contributed by atoms with E-state index >= 15 is 0 Å². The average Bonchev–Trinajstić information content (AvgIpc) is 2.50. The summed E-state index contributed by atoms with van der Waals surface area (Å²) in [5, 5.41) is 1.96. The molecule has 54 valence electrons. The molecule has 0 aliphatic carbocycles. The summed E-state index contributed by atoms with van der Waals surface area (Å²) in [6.45, 7) is 0. The minimum Gasteiger partial charge on any atom is -0.296 e. The quantitative estimate of drug-likeness (QED) is 0.602. The van der Waals surface area contributed by atoms with Gasteiger partial charge < -0.3 is 0 Å². The van der Waals surface area contributed by atoms with Crippen molar-refractivity contribution in [2.24, 2.45) is 0 Å². The Kier molecular flexibility index (Phi) is 1.43. The van der Waals surface area contributed by atoms with Crippen molar-refractivity contribution in [1.82, 2.24) is 4.98 Å². The first-order valence-corrected chi connectivity index (χ1v) is 4.07. The fourth-order valence-corrected chi connectivity index (χ4v) is 1.66. The molecule has 0 saturated carbocycles. The van der Waals surface area contributed by atoms with Gasteiger partial charge in [-0.1, -0.05) is 0 Å². The number of hydrogen-bond donors (Lipinski definition) is 0. The summed E-state index contributed by atoms with van der Waals surface area (Å²) < 4.78 is 1.12. The largest absolute Gasteiger partial charge is 0.296 e. The van der Waals surface area contributed by atoms with Crippen LogP contribution >= 0.6 is 11.3 Å². The lowest BCUT2D eigenvalue weighted by Crippen LogP contribution is -1.83. The van der Waals surface area contributed by atoms with Gasteiger partial charge in [-0.25, -0.2) is 4.98 Å². The molecular formula is C8H5NOS. The Bertz CT molecular complexity index is 394. The van der Waals surface area contributed by atoms with Crippen LogP contribution in [0, 0.1) is 0 Å². The van der Waals surface area contributed by atoms with Gasteiger partial charge in [0.1, 0.15) is 5.69 Å². The fraction of sp³-hybridized carbons (Fsp3) is 0. The number of carbonyl (C=O) groups is 1. The summed E-state index contributed by atoms with van der Waals surface area (Å²) in [5.41, 5.74) is 1.40. The normalized spacial score (nSPS) is 10.2. The van der Waals surface area contributed by atoms with Gasteiger partial charge in [0, 0.05) is 0 Å². The first kappa shape index (κ1) is 6.49. The smallest absolute Gasteiger partial charge is 0.168 e. The number of aromatic nitrogens is 1. The van der Waals surface area contributed by atoms with Crippen molar-refractivity contribution in [2.75, 3.05) is 0 Å². The maximum atomic E-state index is 10.3. The molecule has 0 saturated heterocycles. The Labute approximate surface area is 67.5 Å². The van der Waals surface area contributed by atoms with Gasteiger partial charge in [0.2, 0.25) is 0 Å². The van der Waals surface area contributed by atoms with E-state index in [9.17, 15) is 4.79 Å². The Morgan fingerprint density at radius 1 is 1.36 bits per heavy atom. The second-order valence-electron chi connectivity index (χ2n) is 2.16. The van der Waals surface area contributed by atoms with Gasteiger partial charge in [-0.3, -0.25) is 4.79 Å². The molecule has 2 aromatic heterocycles. The van der Waals surface area contributed by atoms with E-state index in [1.54, 1.807) is 17.4 Å². The first-order chi connectivity index (χ1) is 5.40. The maximum absolute atomic E-state index is 10.3. The van der Waals surface area contributed by atoms with Crippen LogP contribution < -0.4 is 0 Å². The molecule has 2 rings (SSSR count). The monoisotopic (exact) mass is 163 g/mol. The van der Waals surface area contributed by atoms with E-state index in [2.05, 4.69) is 4.98 Å². The minimum atomic E-state index is 0.496. The van der Waals surface area contributed by atoms with E-state index < -0.39 is 0 Å². The molecule has 0 aromatic carbocycles. The molecule has 0 fully saturated rings. The molecule has 0 atom stereocenters. The lowest BCUT2D eigenvalue weighted by molar-refractivity contribution is 0.111. The van der Waals surface area contributed by atoms with Crippen molar-refractivity contribution in [1.29, 1.82) is 0 Å². The number of rotatable bonds is 1. The molecule has 0 spiro atoms. The summed E-state index contributed by atoms with van der Waals surface area (Å²) in [4.78, 5) is 14.4. The van der Waals surface area contributed by atoms with Crippen molar-refractivity contribution in [3.05, 3.63) is 29.3 Å². The average molecular weight is 163 g/mol. The molecule has 2 nitrogen and oxygen atoms in total. The second kappa shape index (κ2) is 2.43. The van der Waals surface area contributed by atoms with Crippen LogP contribution in [-0.4, -0.2) is 11.3 Å². The Morgan fingerprint density at radius 3 is 3.09 bits per heavy atom. The SMILES string of the molecule is O=Cc1ccc2sccc2n1. The molecule has 0 aliphatic rings. The summed E-state index contributed by atoms with van der Waals surface area (Å²) >= 11 is 1.63. The van der Waals surface area contributed by atoms with E-state index in [0.29, 0.717) is 5.69 Å². The zero-order chi connectivity index (χ0) is 7.68. The van der Waals surface area contributed by atoms with E-state index in [-0.39, 0.29) is 0 Å². The minimum absolute atomic E-state index is 0.496. The highest BCUT2D eigenvalue weighted by Gasteiger charge is 1.96. The van der Waals surface area contributed by atoms with Gasteiger partial charge in [-0.05, 0) is 23.6 Å². The molecule has 0 unspecified atom stereocenters. The lowest BCUT2D eigenvalue weighted by atomic mass is 10.3. The first-order valence-electron chi connectivity index (χ1n) is 3.19. The molecule has 3 heteroatoms. The fourth-order valence-electron chi connectivity index (χ4n) is 0.934. The third-order valence-electron chi connectivity index (χ3n) is 1.45. The van der Waals surface area contributed by atoms with Gasteiger partial charge in [-0.2, -0.15) is 0 Å². The molecule has 11 heavy (non-hydrogen) atoms. The molecule has 2 aromatic rings. The zero-order valence-corrected chi connectivity index (χ0v) is 6.47. The maximum Gasteiger partial charge on any atom is 0.168 e. The topological polar surface area (TPSA) is 30.0 Å². The van der Waals surface area contributed by atoms with E-state index in [4.69, 9.17) is 0 Å².